The number of nitrogens with one attached hydrogen (secondary N) is 1. The predicted octanol–water partition coefficient (Wildman–Crippen LogP) is 0.977. The van der Waals surface area contributed by atoms with Crippen LogP contribution in [0.4, 0.5) is 0 Å². The monoisotopic (exact) mass is 381 g/mol. The normalized spacial score (nSPS) is 20.2. The molecule has 1 aromatic carbocycles. The highest BCUT2D eigenvalue weighted by atomic mass is 35.5. The fraction of sp³-hybridized carbons (Fsp3) is 0.556. The molecule has 1 N–H and O–H groups in total. The van der Waals surface area contributed by atoms with E-state index in [0.717, 1.165) is 13.1 Å². The van der Waals surface area contributed by atoms with Gasteiger partial charge in [-0.2, -0.15) is 0 Å². The zero-order chi connectivity index (χ0) is 17.4. The summed E-state index contributed by atoms with van der Waals surface area (Å²) < 4.78 is 10.6. The minimum absolute atomic E-state index is 0. The Kier molecular flexibility index (Phi) is 5.58. The Morgan fingerprint density at radius 2 is 1.73 bits per heavy atom. The Morgan fingerprint density at radius 3 is 2.38 bits per heavy atom. The summed E-state index contributed by atoms with van der Waals surface area (Å²) in [5.74, 6) is 1.97. The Balaban J connectivity index is 0.00000196. The zero-order valence-electron chi connectivity index (χ0n) is 14.8. The lowest BCUT2D eigenvalue weighted by Crippen LogP contribution is -2.55. The maximum Gasteiger partial charge on any atom is 0.254 e. The van der Waals surface area contributed by atoms with Crippen molar-refractivity contribution in [3.8, 4) is 11.5 Å². The first kappa shape index (κ1) is 18.8. The number of benzene rings is 1. The van der Waals surface area contributed by atoms with Gasteiger partial charge in [0.1, 0.15) is 0 Å². The third-order valence-corrected chi connectivity index (χ3v) is 5.41. The van der Waals surface area contributed by atoms with Crippen LogP contribution in [0.3, 0.4) is 0 Å². The summed E-state index contributed by atoms with van der Waals surface area (Å²) in [6.07, 6.45) is 0. The molecule has 0 bridgehead atoms. The summed E-state index contributed by atoms with van der Waals surface area (Å²) in [7, 11) is 0. The van der Waals surface area contributed by atoms with E-state index in [1.54, 1.807) is 23.1 Å². The molecule has 142 valence electrons. The van der Waals surface area contributed by atoms with E-state index in [9.17, 15) is 9.59 Å². The van der Waals surface area contributed by atoms with Gasteiger partial charge in [-0.15, -0.1) is 12.4 Å². The van der Waals surface area contributed by atoms with Crippen LogP contribution in [-0.2, 0) is 4.79 Å². The summed E-state index contributed by atoms with van der Waals surface area (Å²) in [5, 5.41) is 3.22. The molecule has 3 heterocycles. The van der Waals surface area contributed by atoms with Crippen molar-refractivity contribution in [1.29, 1.82) is 0 Å². The van der Waals surface area contributed by atoms with Gasteiger partial charge in [-0.05, 0) is 37.2 Å². The number of rotatable bonds is 3. The zero-order valence-corrected chi connectivity index (χ0v) is 15.6. The first-order chi connectivity index (χ1) is 12.1. The lowest BCUT2D eigenvalue weighted by atomic mass is 9.88. The van der Waals surface area contributed by atoms with Gasteiger partial charge in [0, 0.05) is 37.7 Å². The van der Waals surface area contributed by atoms with Crippen LogP contribution in [0, 0.1) is 11.8 Å². The van der Waals surface area contributed by atoms with E-state index in [2.05, 4.69) is 5.32 Å². The molecule has 0 spiro atoms. The van der Waals surface area contributed by atoms with Crippen molar-refractivity contribution < 1.29 is 19.1 Å². The van der Waals surface area contributed by atoms with Gasteiger partial charge in [0.05, 0.1) is 0 Å². The number of nitrogens with zero attached hydrogens (tertiary/aromatic N) is 2. The molecule has 0 aromatic heterocycles. The molecular formula is C18H24ClN3O4. The van der Waals surface area contributed by atoms with Gasteiger partial charge in [0.25, 0.3) is 5.91 Å². The van der Waals surface area contributed by atoms with Gasteiger partial charge in [0.15, 0.2) is 11.5 Å². The van der Waals surface area contributed by atoms with Crippen LogP contribution in [0.25, 0.3) is 0 Å². The topological polar surface area (TPSA) is 71.1 Å². The molecule has 1 atom stereocenters. The molecule has 2 fully saturated rings. The largest absolute Gasteiger partial charge is 0.454 e. The van der Waals surface area contributed by atoms with Crippen LogP contribution in [0.5, 0.6) is 11.5 Å². The van der Waals surface area contributed by atoms with Gasteiger partial charge in [-0.1, -0.05) is 6.92 Å². The van der Waals surface area contributed by atoms with E-state index in [1.165, 1.54) is 0 Å². The predicted molar refractivity (Wildman–Crippen MR) is 97.8 cm³/mol. The van der Waals surface area contributed by atoms with Crippen LogP contribution < -0.4 is 14.8 Å². The number of fused-ring (bicyclic) bond motifs is 1. The summed E-state index contributed by atoms with van der Waals surface area (Å²) in [6, 6.07) is 5.26. The Hall–Kier alpha value is -1.99. The highest BCUT2D eigenvalue weighted by Crippen LogP contribution is 2.33. The number of hydrogen-bond donors (Lipinski definition) is 1. The molecule has 7 nitrogen and oxygen atoms in total. The summed E-state index contributed by atoms with van der Waals surface area (Å²) in [6.45, 7) is 6.38. The van der Waals surface area contributed by atoms with Crippen LogP contribution in [0.1, 0.15) is 17.3 Å². The number of carbonyl (C=O) groups is 2. The number of piperazine rings is 1. The summed E-state index contributed by atoms with van der Waals surface area (Å²) in [4.78, 5) is 29.0. The molecule has 4 rings (SSSR count). The maximum absolute atomic E-state index is 12.7. The van der Waals surface area contributed by atoms with Gasteiger partial charge in [0.2, 0.25) is 12.7 Å². The van der Waals surface area contributed by atoms with Crippen molar-refractivity contribution in [2.45, 2.75) is 6.92 Å². The molecule has 1 aromatic rings. The second-order valence-electron chi connectivity index (χ2n) is 6.89. The number of hydrogen-bond acceptors (Lipinski definition) is 5. The first-order valence-corrected chi connectivity index (χ1v) is 8.82. The second-order valence-corrected chi connectivity index (χ2v) is 6.89. The molecule has 3 aliphatic rings. The van der Waals surface area contributed by atoms with Gasteiger partial charge in [-0.3, -0.25) is 9.59 Å². The third kappa shape index (κ3) is 3.46. The fourth-order valence-corrected chi connectivity index (χ4v) is 3.50. The third-order valence-electron chi connectivity index (χ3n) is 5.41. The summed E-state index contributed by atoms with van der Waals surface area (Å²) in [5.41, 5.74) is 0.595. The van der Waals surface area contributed by atoms with Crippen molar-refractivity contribution in [2.24, 2.45) is 11.8 Å². The lowest BCUT2D eigenvalue weighted by molar-refractivity contribution is -0.138. The Labute approximate surface area is 159 Å². The van der Waals surface area contributed by atoms with Gasteiger partial charge < -0.3 is 24.6 Å². The van der Waals surface area contributed by atoms with Crippen LogP contribution in [0.15, 0.2) is 18.2 Å². The first-order valence-electron chi connectivity index (χ1n) is 8.82. The summed E-state index contributed by atoms with van der Waals surface area (Å²) >= 11 is 0. The van der Waals surface area contributed by atoms with Crippen molar-refractivity contribution in [1.82, 2.24) is 15.1 Å². The van der Waals surface area contributed by atoms with E-state index in [-0.39, 0.29) is 36.9 Å². The number of ether oxygens (including phenoxy) is 2. The molecule has 1 unspecified atom stereocenters. The standard InChI is InChI=1S/C18H23N3O4.ClH/c1-12(14-9-19-10-14)17(22)20-4-6-21(7-5-20)18(23)13-2-3-15-16(8-13)25-11-24-15;/h2-3,8,12,14,19H,4-7,9-11H2,1H3;1H. The molecule has 0 aliphatic carbocycles. The second kappa shape index (κ2) is 7.72. The molecule has 26 heavy (non-hydrogen) atoms. The van der Waals surface area contributed by atoms with E-state index >= 15 is 0 Å². The Morgan fingerprint density at radius 1 is 1.08 bits per heavy atom. The highest BCUT2D eigenvalue weighted by molar-refractivity contribution is 5.95. The SMILES string of the molecule is CC(C(=O)N1CCN(C(=O)c2ccc3c(c2)OCO3)CC1)C1CNC1.Cl. The van der Waals surface area contributed by atoms with Crippen molar-refractivity contribution >= 4 is 24.2 Å². The molecule has 2 amide bonds. The van der Waals surface area contributed by atoms with Gasteiger partial charge >= 0.3 is 0 Å². The van der Waals surface area contributed by atoms with Crippen molar-refractivity contribution in [3.63, 3.8) is 0 Å². The van der Waals surface area contributed by atoms with E-state index in [4.69, 9.17) is 9.47 Å². The van der Waals surface area contributed by atoms with Crippen molar-refractivity contribution in [3.05, 3.63) is 23.8 Å². The minimum atomic E-state index is -0.0263. The molecular weight excluding hydrogens is 358 g/mol. The molecule has 8 heteroatoms. The average molecular weight is 382 g/mol. The maximum atomic E-state index is 12.7. The van der Waals surface area contributed by atoms with Crippen molar-refractivity contribution in [2.75, 3.05) is 46.1 Å². The fourth-order valence-electron chi connectivity index (χ4n) is 3.50. The van der Waals surface area contributed by atoms with Crippen LogP contribution >= 0.6 is 12.4 Å². The van der Waals surface area contributed by atoms with E-state index < -0.39 is 0 Å². The molecule has 0 saturated carbocycles. The smallest absolute Gasteiger partial charge is 0.254 e. The average Bonchev–Trinajstić information content (AvgIpc) is 3.06. The molecule has 2 saturated heterocycles. The van der Waals surface area contributed by atoms with E-state index in [0.29, 0.717) is 49.2 Å². The number of halogens is 1. The number of carbonyl (C=O) groups excluding carboxylic acids is 2. The highest BCUT2D eigenvalue weighted by Gasteiger charge is 2.33. The van der Waals surface area contributed by atoms with E-state index in [1.807, 2.05) is 11.8 Å². The molecule has 3 aliphatic heterocycles. The van der Waals surface area contributed by atoms with Gasteiger partial charge in [-0.25, -0.2) is 0 Å². The minimum Gasteiger partial charge on any atom is -0.454 e. The quantitative estimate of drug-likeness (QED) is 0.845. The molecule has 0 radical (unpaired) electrons. The van der Waals surface area contributed by atoms with Crippen LogP contribution in [-0.4, -0.2) is 67.7 Å². The number of amides is 2. The Bertz CT molecular complexity index is 687. The lowest BCUT2D eigenvalue weighted by Gasteiger charge is -2.39. The van der Waals surface area contributed by atoms with Crippen LogP contribution in [0.2, 0.25) is 0 Å².